The highest BCUT2D eigenvalue weighted by molar-refractivity contribution is 5.95. The van der Waals surface area contributed by atoms with Crippen molar-refractivity contribution in [1.29, 1.82) is 0 Å². The van der Waals surface area contributed by atoms with Crippen LogP contribution in [0.5, 0.6) is 0 Å². The Balaban J connectivity index is 1.25. The monoisotopic (exact) mass is 396 g/mol. The van der Waals surface area contributed by atoms with Gasteiger partial charge in [0, 0.05) is 49.5 Å². The zero-order valence-corrected chi connectivity index (χ0v) is 16.3. The quantitative estimate of drug-likeness (QED) is 0.530. The first-order valence-electron chi connectivity index (χ1n) is 9.92. The minimum absolute atomic E-state index is 0.0282. The number of amides is 1. The Labute approximate surface area is 174 Å². The van der Waals surface area contributed by atoms with Gasteiger partial charge in [-0.05, 0) is 36.4 Å². The van der Waals surface area contributed by atoms with Crippen LogP contribution in [-0.4, -0.2) is 57.2 Å². The zero-order valence-electron chi connectivity index (χ0n) is 16.3. The minimum Gasteiger partial charge on any atom is -0.352 e. The number of pyridine rings is 2. The molecule has 0 unspecified atom stereocenters. The fourth-order valence-electron chi connectivity index (χ4n) is 3.66. The van der Waals surface area contributed by atoms with Crippen molar-refractivity contribution in [3.05, 3.63) is 78.8 Å². The molecule has 3 aromatic heterocycles. The molecule has 7 nitrogen and oxygen atoms in total. The summed E-state index contributed by atoms with van der Waals surface area (Å²) in [6.45, 7) is 2.67. The molecular formula is C23H20N6O. The van der Waals surface area contributed by atoms with Gasteiger partial charge in [0.2, 0.25) is 0 Å². The van der Waals surface area contributed by atoms with E-state index in [1.54, 1.807) is 18.5 Å². The lowest BCUT2D eigenvalue weighted by atomic mass is 10.2. The van der Waals surface area contributed by atoms with Gasteiger partial charge in [-0.25, -0.2) is 4.98 Å². The average Bonchev–Trinajstić information content (AvgIpc) is 2.84. The molecular weight excluding hydrogens is 376 g/mol. The molecule has 1 saturated heterocycles. The number of para-hydroxylation sites is 1. The number of anilines is 1. The number of rotatable bonds is 3. The van der Waals surface area contributed by atoms with Gasteiger partial charge in [0.25, 0.3) is 5.91 Å². The number of fused-ring (bicyclic) bond motifs is 1. The van der Waals surface area contributed by atoms with Gasteiger partial charge in [0.05, 0.1) is 11.2 Å². The van der Waals surface area contributed by atoms with E-state index >= 15 is 0 Å². The number of carbonyl (C=O) groups is 1. The molecule has 1 amide bonds. The van der Waals surface area contributed by atoms with Crippen LogP contribution < -0.4 is 4.90 Å². The van der Waals surface area contributed by atoms with Gasteiger partial charge in [0.15, 0.2) is 5.82 Å². The normalized spacial score (nSPS) is 14.1. The van der Waals surface area contributed by atoms with Crippen LogP contribution in [0.15, 0.2) is 73.1 Å². The van der Waals surface area contributed by atoms with Crippen LogP contribution in [0.2, 0.25) is 0 Å². The Morgan fingerprint density at radius 2 is 1.60 bits per heavy atom. The third kappa shape index (κ3) is 3.57. The number of hydrogen-bond acceptors (Lipinski definition) is 6. The summed E-state index contributed by atoms with van der Waals surface area (Å²) in [4.78, 5) is 25.5. The van der Waals surface area contributed by atoms with E-state index in [1.807, 2.05) is 59.5 Å². The first-order chi connectivity index (χ1) is 14.8. The van der Waals surface area contributed by atoms with Crippen LogP contribution in [0, 0.1) is 0 Å². The third-order valence-electron chi connectivity index (χ3n) is 5.33. The van der Waals surface area contributed by atoms with Crippen LogP contribution >= 0.6 is 0 Å². The number of piperazine rings is 1. The van der Waals surface area contributed by atoms with E-state index in [-0.39, 0.29) is 5.91 Å². The smallest absolute Gasteiger partial charge is 0.272 e. The fourth-order valence-corrected chi connectivity index (χ4v) is 3.66. The Hall–Kier alpha value is -3.87. The Morgan fingerprint density at radius 1 is 0.800 bits per heavy atom. The summed E-state index contributed by atoms with van der Waals surface area (Å²) in [7, 11) is 0. The first-order valence-corrected chi connectivity index (χ1v) is 9.92. The standard InChI is InChI=1S/C23H20N6O/c30-23(21-6-5-17-3-1-2-4-19(17)25-21)29-15-13-28(14-16-29)22-8-7-20(26-27-22)18-9-11-24-12-10-18/h1-12H,13-16H2. The summed E-state index contributed by atoms with van der Waals surface area (Å²) in [5.74, 6) is 0.795. The lowest BCUT2D eigenvalue weighted by molar-refractivity contribution is 0.0741. The lowest BCUT2D eigenvalue weighted by Crippen LogP contribution is -2.49. The number of nitrogens with zero attached hydrogens (tertiary/aromatic N) is 6. The second-order valence-electron chi connectivity index (χ2n) is 7.18. The summed E-state index contributed by atoms with van der Waals surface area (Å²) in [6, 6.07) is 19.4. The van der Waals surface area contributed by atoms with Crippen LogP contribution in [0.3, 0.4) is 0 Å². The predicted octanol–water partition coefficient (Wildman–Crippen LogP) is 3.05. The van der Waals surface area contributed by atoms with Crippen molar-refractivity contribution in [2.24, 2.45) is 0 Å². The summed E-state index contributed by atoms with van der Waals surface area (Å²) < 4.78 is 0. The maximum atomic E-state index is 12.9. The van der Waals surface area contributed by atoms with E-state index in [2.05, 4.69) is 25.1 Å². The molecule has 0 saturated carbocycles. The molecule has 30 heavy (non-hydrogen) atoms. The van der Waals surface area contributed by atoms with Crippen LogP contribution in [0.4, 0.5) is 5.82 Å². The molecule has 4 aromatic rings. The molecule has 1 fully saturated rings. The van der Waals surface area contributed by atoms with Gasteiger partial charge in [-0.1, -0.05) is 24.3 Å². The highest BCUT2D eigenvalue weighted by atomic mass is 16.2. The first kappa shape index (κ1) is 18.2. The second kappa shape index (κ2) is 7.87. The molecule has 5 rings (SSSR count). The highest BCUT2D eigenvalue weighted by Gasteiger charge is 2.24. The summed E-state index contributed by atoms with van der Waals surface area (Å²) >= 11 is 0. The summed E-state index contributed by atoms with van der Waals surface area (Å²) in [5.41, 5.74) is 3.13. The van der Waals surface area contributed by atoms with Gasteiger partial charge in [-0.2, -0.15) is 0 Å². The maximum absolute atomic E-state index is 12.9. The Morgan fingerprint density at radius 3 is 2.37 bits per heavy atom. The SMILES string of the molecule is O=C(c1ccc2ccccc2n1)N1CCN(c2ccc(-c3ccncc3)nn2)CC1. The van der Waals surface area contributed by atoms with Crippen molar-refractivity contribution in [3.8, 4) is 11.3 Å². The van der Waals surface area contributed by atoms with Crippen molar-refractivity contribution >= 4 is 22.6 Å². The predicted molar refractivity (Wildman–Crippen MR) is 115 cm³/mol. The lowest BCUT2D eigenvalue weighted by Gasteiger charge is -2.35. The van der Waals surface area contributed by atoms with Crippen molar-refractivity contribution in [3.63, 3.8) is 0 Å². The van der Waals surface area contributed by atoms with Crippen molar-refractivity contribution in [2.75, 3.05) is 31.1 Å². The van der Waals surface area contributed by atoms with E-state index in [4.69, 9.17) is 0 Å². The molecule has 0 spiro atoms. The second-order valence-corrected chi connectivity index (χ2v) is 7.18. The van der Waals surface area contributed by atoms with Crippen molar-refractivity contribution < 1.29 is 4.79 Å². The van der Waals surface area contributed by atoms with Gasteiger partial charge in [0.1, 0.15) is 5.69 Å². The minimum atomic E-state index is -0.0282. The molecule has 0 bridgehead atoms. The molecule has 0 radical (unpaired) electrons. The Bertz CT molecular complexity index is 1170. The highest BCUT2D eigenvalue weighted by Crippen LogP contribution is 2.19. The number of benzene rings is 1. The van der Waals surface area contributed by atoms with Crippen molar-refractivity contribution in [2.45, 2.75) is 0 Å². The van der Waals surface area contributed by atoms with Gasteiger partial charge < -0.3 is 9.80 Å². The van der Waals surface area contributed by atoms with Crippen LogP contribution in [0.1, 0.15) is 10.5 Å². The number of carbonyl (C=O) groups excluding carboxylic acids is 1. The molecule has 7 heteroatoms. The Kier molecular flexibility index (Phi) is 4.77. The van der Waals surface area contributed by atoms with E-state index < -0.39 is 0 Å². The molecule has 4 heterocycles. The van der Waals surface area contributed by atoms with Gasteiger partial charge in [-0.3, -0.25) is 9.78 Å². The van der Waals surface area contributed by atoms with Gasteiger partial charge >= 0.3 is 0 Å². The molecule has 1 aliphatic rings. The largest absolute Gasteiger partial charge is 0.352 e. The summed E-state index contributed by atoms with van der Waals surface area (Å²) in [5, 5.41) is 9.76. The van der Waals surface area contributed by atoms with Crippen molar-refractivity contribution in [1.82, 2.24) is 25.1 Å². The zero-order chi connectivity index (χ0) is 20.3. The molecule has 1 aliphatic heterocycles. The van der Waals surface area contributed by atoms with Crippen LogP contribution in [-0.2, 0) is 0 Å². The van der Waals surface area contributed by atoms with Gasteiger partial charge in [-0.15, -0.1) is 10.2 Å². The summed E-state index contributed by atoms with van der Waals surface area (Å²) in [6.07, 6.45) is 3.48. The molecule has 0 aliphatic carbocycles. The number of aromatic nitrogens is 4. The molecule has 0 N–H and O–H groups in total. The topological polar surface area (TPSA) is 75.1 Å². The van der Waals surface area contributed by atoms with E-state index in [0.717, 1.165) is 28.0 Å². The number of hydrogen-bond donors (Lipinski definition) is 0. The molecule has 1 aromatic carbocycles. The molecule has 148 valence electrons. The van der Waals surface area contributed by atoms with Crippen LogP contribution in [0.25, 0.3) is 22.2 Å². The molecule has 0 atom stereocenters. The fraction of sp³-hybridized carbons (Fsp3) is 0.174. The third-order valence-corrected chi connectivity index (χ3v) is 5.33. The van der Waals surface area contributed by atoms with E-state index in [9.17, 15) is 4.79 Å². The average molecular weight is 396 g/mol. The van der Waals surface area contributed by atoms with E-state index in [1.165, 1.54) is 0 Å². The van der Waals surface area contributed by atoms with E-state index in [0.29, 0.717) is 31.9 Å². The maximum Gasteiger partial charge on any atom is 0.272 e.